The van der Waals surface area contributed by atoms with Crippen molar-refractivity contribution < 1.29 is 8.42 Å². The van der Waals surface area contributed by atoms with E-state index in [4.69, 9.17) is 0 Å². The summed E-state index contributed by atoms with van der Waals surface area (Å²) >= 11 is 3.45. The van der Waals surface area contributed by atoms with Gasteiger partial charge < -0.3 is 5.32 Å². The Kier molecular flexibility index (Phi) is 4.68. The topological polar surface area (TPSA) is 79.6 Å². The molecule has 3 aromatic rings. The van der Waals surface area contributed by atoms with Gasteiger partial charge in [0.1, 0.15) is 4.60 Å². The number of fused-ring (bicyclic) bond motifs is 1. The number of nitrogens with one attached hydrogen (secondary N) is 1. The second-order valence-electron chi connectivity index (χ2n) is 6.32. The molecule has 0 amide bonds. The molecule has 2 aromatic heterocycles. The van der Waals surface area contributed by atoms with E-state index in [1.807, 2.05) is 36.4 Å². The van der Waals surface area contributed by atoms with Gasteiger partial charge in [0.25, 0.3) is 0 Å². The van der Waals surface area contributed by atoms with Crippen molar-refractivity contribution in [3.8, 4) is 0 Å². The Morgan fingerprint density at radius 3 is 2.54 bits per heavy atom. The maximum atomic E-state index is 11.5. The summed E-state index contributed by atoms with van der Waals surface area (Å²) < 4.78 is 25.6. The molecule has 1 aliphatic heterocycles. The smallest absolute Gasteiger partial charge is 0.245 e. The molecule has 1 N–H and O–H groups in total. The molecule has 0 bridgehead atoms. The van der Waals surface area contributed by atoms with Crippen LogP contribution in [0.3, 0.4) is 0 Å². The Morgan fingerprint density at radius 2 is 1.81 bits per heavy atom. The number of aromatic nitrogens is 3. The summed E-state index contributed by atoms with van der Waals surface area (Å²) in [4.78, 5) is 6.49. The zero-order valence-electron chi connectivity index (χ0n) is 14.0. The molecule has 1 aliphatic rings. The van der Waals surface area contributed by atoms with Crippen LogP contribution < -0.4 is 5.32 Å². The van der Waals surface area contributed by atoms with Gasteiger partial charge in [-0.1, -0.05) is 12.1 Å². The number of rotatable bonds is 4. The molecule has 0 radical (unpaired) electrons. The van der Waals surface area contributed by atoms with Crippen LogP contribution in [0.5, 0.6) is 0 Å². The van der Waals surface area contributed by atoms with E-state index < -0.39 is 9.84 Å². The second kappa shape index (κ2) is 6.98. The maximum Gasteiger partial charge on any atom is 0.245 e. The first-order chi connectivity index (χ1) is 12.5. The molecule has 1 fully saturated rings. The van der Waals surface area contributed by atoms with Crippen LogP contribution in [-0.2, 0) is 16.4 Å². The standard InChI is InChI=1S/C17H18BrN5O2S/c18-16-6-5-15-11-19-17(21-23(15)16)20-14-3-1-13(2-4-14)12-22-7-9-26(24,25)10-8-22/h1-6,11H,7-10,12H2,(H,20,21). The molecule has 0 unspecified atom stereocenters. The lowest BCUT2D eigenvalue weighted by Gasteiger charge is -2.26. The molecule has 1 saturated heterocycles. The summed E-state index contributed by atoms with van der Waals surface area (Å²) in [5, 5.41) is 7.64. The zero-order chi connectivity index (χ0) is 18.1. The van der Waals surface area contributed by atoms with Crippen molar-refractivity contribution in [2.45, 2.75) is 6.54 Å². The van der Waals surface area contributed by atoms with Gasteiger partial charge in [-0.15, -0.1) is 5.10 Å². The highest BCUT2D eigenvalue weighted by Gasteiger charge is 2.21. The number of hydrogen-bond donors (Lipinski definition) is 1. The highest BCUT2D eigenvalue weighted by atomic mass is 79.9. The van der Waals surface area contributed by atoms with Gasteiger partial charge in [-0.25, -0.2) is 17.9 Å². The lowest BCUT2D eigenvalue weighted by Crippen LogP contribution is -2.39. The fraction of sp³-hybridized carbons (Fsp3) is 0.294. The van der Waals surface area contributed by atoms with Crippen molar-refractivity contribution in [3.05, 3.63) is 52.8 Å². The number of anilines is 2. The van der Waals surface area contributed by atoms with Gasteiger partial charge in [-0.05, 0) is 45.8 Å². The summed E-state index contributed by atoms with van der Waals surface area (Å²) in [6.07, 6.45) is 1.76. The number of halogens is 1. The largest absolute Gasteiger partial charge is 0.323 e. The summed E-state index contributed by atoms with van der Waals surface area (Å²) in [6, 6.07) is 11.9. The summed E-state index contributed by atoms with van der Waals surface area (Å²) in [5.74, 6) is 1.02. The van der Waals surface area contributed by atoms with Gasteiger partial charge in [-0.3, -0.25) is 4.90 Å². The van der Waals surface area contributed by atoms with Gasteiger partial charge in [0, 0.05) is 25.3 Å². The van der Waals surface area contributed by atoms with Gasteiger partial charge in [0.2, 0.25) is 5.95 Å². The van der Waals surface area contributed by atoms with Crippen molar-refractivity contribution in [1.82, 2.24) is 19.5 Å². The fourth-order valence-electron chi connectivity index (χ4n) is 2.92. The van der Waals surface area contributed by atoms with Crippen LogP contribution in [0.15, 0.2) is 47.2 Å². The minimum Gasteiger partial charge on any atom is -0.323 e. The molecule has 0 saturated carbocycles. The Labute approximate surface area is 160 Å². The number of sulfone groups is 1. The lowest BCUT2D eigenvalue weighted by molar-refractivity contribution is 0.287. The quantitative estimate of drug-likeness (QED) is 0.677. The number of benzene rings is 1. The van der Waals surface area contributed by atoms with Crippen LogP contribution in [0.4, 0.5) is 11.6 Å². The Hall–Kier alpha value is -1.97. The van der Waals surface area contributed by atoms with Crippen molar-refractivity contribution >= 4 is 42.9 Å². The van der Waals surface area contributed by atoms with Crippen molar-refractivity contribution in [1.29, 1.82) is 0 Å². The monoisotopic (exact) mass is 435 g/mol. The molecule has 4 rings (SSSR count). The third-order valence-electron chi connectivity index (χ3n) is 4.41. The minimum atomic E-state index is -2.83. The minimum absolute atomic E-state index is 0.251. The van der Waals surface area contributed by atoms with Gasteiger partial charge in [-0.2, -0.15) is 0 Å². The van der Waals surface area contributed by atoms with Crippen LogP contribution in [-0.4, -0.2) is 52.5 Å². The second-order valence-corrected chi connectivity index (χ2v) is 9.44. The molecule has 136 valence electrons. The third kappa shape index (κ3) is 3.89. The van der Waals surface area contributed by atoms with E-state index in [-0.39, 0.29) is 11.5 Å². The maximum absolute atomic E-state index is 11.5. The predicted octanol–water partition coefficient (Wildman–Crippen LogP) is 2.47. The van der Waals surface area contributed by atoms with Crippen LogP contribution >= 0.6 is 15.9 Å². The first-order valence-corrected chi connectivity index (χ1v) is 10.9. The number of hydrogen-bond acceptors (Lipinski definition) is 6. The van der Waals surface area contributed by atoms with Crippen LogP contribution in [0.25, 0.3) is 5.52 Å². The molecule has 0 spiro atoms. The Morgan fingerprint density at radius 1 is 1.08 bits per heavy atom. The third-order valence-corrected chi connectivity index (χ3v) is 6.62. The van der Waals surface area contributed by atoms with Crippen molar-refractivity contribution in [2.24, 2.45) is 0 Å². The van der Waals surface area contributed by atoms with E-state index in [1.165, 1.54) is 0 Å². The van der Waals surface area contributed by atoms with Gasteiger partial charge >= 0.3 is 0 Å². The zero-order valence-corrected chi connectivity index (χ0v) is 16.4. The van der Waals surface area contributed by atoms with E-state index in [0.29, 0.717) is 19.0 Å². The average Bonchev–Trinajstić information content (AvgIpc) is 2.99. The number of nitrogens with zero attached hydrogens (tertiary/aromatic N) is 4. The summed E-state index contributed by atoms with van der Waals surface area (Å²) in [6.45, 7) is 1.96. The fourth-order valence-corrected chi connectivity index (χ4v) is 4.61. The Bertz CT molecular complexity index is 1020. The van der Waals surface area contributed by atoms with Crippen molar-refractivity contribution in [3.63, 3.8) is 0 Å². The Balaban J connectivity index is 1.41. The predicted molar refractivity (Wildman–Crippen MR) is 104 cm³/mol. The molecule has 26 heavy (non-hydrogen) atoms. The first kappa shape index (κ1) is 17.4. The molecule has 0 atom stereocenters. The molecule has 7 nitrogen and oxygen atoms in total. The van der Waals surface area contributed by atoms with Crippen molar-refractivity contribution in [2.75, 3.05) is 29.9 Å². The molecule has 9 heteroatoms. The van der Waals surface area contributed by atoms with Crippen LogP contribution in [0.1, 0.15) is 5.56 Å². The molecular formula is C17H18BrN5O2S. The van der Waals surface area contributed by atoms with Crippen LogP contribution in [0, 0.1) is 0 Å². The summed E-state index contributed by atoms with van der Waals surface area (Å²) in [5.41, 5.74) is 2.97. The molecule has 1 aromatic carbocycles. The lowest BCUT2D eigenvalue weighted by atomic mass is 10.2. The van der Waals surface area contributed by atoms with E-state index in [9.17, 15) is 8.42 Å². The van der Waals surface area contributed by atoms with E-state index in [2.05, 4.69) is 36.2 Å². The SMILES string of the molecule is O=S1(=O)CCN(Cc2ccc(Nc3ncc4ccc(Br)n4n3)cc2)CC1. The molecule has 3 heterocycles. The normalized spacial score (nSPS) is 17.4. The summed E-state index contributed by atoms with van der Waals surface area (Å²) in [7, 11) is -2.83. The molecular weight excluding hydrogens is 418 g/mol. The highest BCUT2D eigenvalue weighted by molar-refractivity contribution is 9.10. The van der Waals surface area contributed by atoms with Gasteiger partial charge in [0.05, 0.1) is 23.2 Å². The first-order valence-electron chi connectivity index (χ1n) is 8.28. The molecule has 0 aliphatic carbocycles. The van der Waals surface area contributed by atoms with E-state index in [0.717, 1.165) is 27.9 Å². The average molecular weight is 436 g/mol. The van der Waals surface area contributed by atoms with Crippen LogP contribution in [0.2, 0.25) is 0 Å². The van der Waals surface area contributed by atoms with E-state index >= 15 is 0 Å². The van der Waals surface area contributed by atoms with E-state index in [1.54, 1.807) is 10.7 Å². The highest BCUT2D eigenvalue weighted by Crippen LogP contribution is 2.18. The van der Waals surface area contributed by atoms with Gasteiger partial charge in [0.15, 0.2) is 9.84 Å².